The van der Waals surface area contributed by atoms with E-state index in [2.05, 4.69) is 23.7 Å². The summed E-state index contributed by atoms with van der Waals surface area (Å²) < 4.78 is 0. The standard InChI is InChI=1S/C12H22N2/c1-3-4-5-7-14-8-6-11(2)12(9-13)10-14/h11-12H,5-10,13H2,1-2H3. The molecule has 1 rings (SSSR count). The lowest BCUT2D eigenvalue weighted by Crippen LogP contribution is -2.42. The Labute approximate surface area is 87.8 Å². The highest BCUT2D eigenvalue weighted by Crippen LogP contribution is 2.21. The van der Waals surface area contributed by atoms with Crippen LogP contribution in [0.5, 0.6) is 0 Å². The first-order valence-corrected chi connectivity index (χ1v) is 5.60. The van der Waals surface area contributed by atoms with Crippen LogP contribution in [0.3, 0.4) is 0 Å². The van der Waals surface area contributed by atoms with Gasteiger partial charge >= 0.3 is 0 Å². The molecule has 2 nitrogen and oxygen atoms in total. The molecule has 0 aromatic carbocycles. The zero-order valence-electron chi connectivity index (χ0n) is 9.42. The highest BCUT2D eigenvalue weighted by Gasteiger charge is 2.24. The van der Waals surface area contributed by atoms with Crippen molar-refractivity contribution >= 4 is 0 Å². The lowest BCUT2D eigenvalue weighted by molar-refractivity contribution is 0.135. The third kappa shape index (κ3) is 3.32. The van der Waals surface area contributed by atoms with Gasteiger partial charge < -0.3 is 10.6 Å². The van der Waals surface area contributed by atoms with Crippen molar-refractivity contribution in [1.82, 2.24) is 4.90 Å². The summed E-state index contributed by atoms with van der Waals surface area (Å²) in [5.41, 5.74) is 5.76. The fourth-order valence-corrected chi connectivity index (χ4v) is 2.07. The second-order valence-corrected chi connectivity index (χ2v) is 4.24. The molecule has 0 spiro atoms. The molecule has 0 aromatic heterocycles. The van der Waals surface area contributed by atoms with E-state index in [0.717, 1.165) is 25.4 Å². The minimum Gasteiger partial charge on any atom is -0.330 e. The van der Waals surface area contributed by atoms with Crippen LogP contribution in [-0.4, -0.2) is 31.1 Å². The number of likely N-dealkylation sites (tertiary alicyclic amines) is 1. The van der Waals surface area contributed by atoms with Gasteiger partial charge in [0, 0.05) is 19.5 Å². The smallest absolute Gasteiger partial charge is 0.0216 e. The minimum atomic E-state index is 0.693. The molecule has 1 saturated heterocycles. The van der Waals surface area contributed by atoms with Crippen molar-refractivity contribution in [2.45, 2.75) is 26.7 Å². The first kappa shape index (κ1) is 11.6. The molecule has 0 radical (unpaired) electrons. The zero-order chi connectivity index (χ0) is 10.4. The third-order valence-corrected chi connectivity index (χ3v) is 3.23. The second-order valence-electron chi connectivity index (χ2n) is 4.24. The Kier molecular flexibility index (Phi) is 5.00. The molecule has 2 N–H and O–H groups in total. The van der Waals surface area contributed by atoms with Crippen LogP contribution in [0.1, 0.15) is 26.7 Å². The van der Waals surface area contributed by atoms with Gasteiger partial charge in [-0.1, -0.05) is 6.92 Å². The fourth-order valence-electron chi connectivity index (χ4n) is 2.07. The Balaban J connectivity index is 2.30. The number of rotatable bonds is 3. The van der Waals surface area contributed by atoms with Crippen molar-refractivity contribution in [2.24, 2.45) is 17.6 Å². The molecule has 80 valence electrons. The van der Waals surface area contributed by atoms with Crippen molar-refractivity contribution in [3.63, 3.8) is 0 Å². The molecule has 0 aliphatic carbocycles. The molecule has 2 unspecified atom stereocenters. The number of nitrogens with two attached hydrogens (primary N) is 1. The number of piperidine rings is 1. The molecule has 1 aliphatic rings. The highest BCUT2D eigenvalue weighted by atomic mass is 15.1. The summed E-state index contributed by atoms with van der Waals surface area (Å²) in [4.78, 5) is 2.50. The highest BCUT2D eigenvalue weighted by molar-refractivity contribution is 4.95. The Hall–Kier alpha value is -0.520. The van der Waals surface area contributed by atoms with E-state index in [1.54, 1.807) is 0 Å². The Morgan fingerprint density at radius 3 is 2.93 bits per heavy atom. The normalized spacial score (nSPS) is 28.2. The van der Waals surface area contributed by atoms with Crippen molar-refractivity contribution in [2.75, 3.05) is 26.2 Å². The van der Waals surface area contributed by atoms with Gasteiger partial charge in [-0.25, -0.2) is 0 Å². The Morgan fingerprint density at radius 1 is 1.50 bits per heavy atom. The maximum atomic E-state index is 5.76. The summed E-state index contributed by atoms with van der Waals surface area (Å²) >= 11 is 0. The van der Waals surface area contributed by atoms with Crippen LogP contribution in [0.15, 0.2) is 0 Å². The number of nitrogens with zero attached hydrogens (tertiary/aromatic N) is 1. The third-order valence-electron chi connectivity index (χ3n) is 3.23. The van der Waals surface area contributed by atoms with E-state index in [0.29, 0.717) is 5.92 Å². The van der Waals surface area contributed by atoms with Gasteiger partial charge in [-0.15, -0.1) is 11.8 Å². The zero-order valence-corrected chi connectivity index (χ0v) is 9.42. The van der Waals surface area contributed by atoms with Gasteiger partial charge in [0.1, 0.15) is 0 Å². The van der Waals surface area contributed by atoms with Crippen LogP contribution >= 0.6 is 0 Å². The molecular weight excluding hydrogens is 172 g/mol. The molecule has 1 heterocycles. The minimum absolute atomic E-state index is 0.693. The van der Waals surface area contributed by atoms with Gasteiger partial charge in [0.2, 0.25) is 0 Å². The van der Waals surface area contributed by atoms with Crippen molar-refractivity contribution in [1.29, 1.82) is 0 Å². The summed E-state index contributed by atoms with van der Waals surface area (Å²) in [6.07, 6.45) is 2.30. The SMILES string of the molecule is CC#CCCN1CCC(C)C(CN)C1. The summed E-state index contributed by atoms with van der Waals surface area (Å²) in [5.74, 6) is 7.55. The summed E-state index contributed by atoms with van der Waals surface area (Å²) in [6, 6.07) is 0. The maximum absolute atomic E-state index is 5.76. The molecule has 14 heavy (non-hydrogen) atoms. The van der Waals surface area contributed by atoms with Gasteiger partial charge in [-0.2, -0.15) is 0 Å². The van der Waals surface area contributed by atoms with Crippen LogP contribution in [0.25, 0.3) is 0 Å². The van der Waals surface area contributed by atoms with Crippen LogP contribution < -0.4 is 5.73 Å². The first-order chi connectivity index (χ1) is 6.77. The number of hydrogen-bond acceptors (Lipinski definition) is 2. The van der Waals surface area contributed by atoms with E-state index in [-0.39, 0.29) is 0 Å². The van der Waals surface area contributed by atoms with E-state index < -0.39 is 0 Å². The van der Waals surface area contributed by atoms with Crippen LogP contribution in [0.4, 0.5) is 0 Å². The van der Waals surface area contributed by atoms with Gasteiger partial charge in [0.05, 0.1) is 0 Å². The van der Waals surface area contributed by atoms with Crippen LogP contribution in [-0.2, 0) is 0 Å². The monoisotopic (exact) mass is 194 g/mol. The van der Waals surface area contributed by atoms with E-state index in [1.165, 1.54) is 19.5 Å². The molecule has 0 amide bonds. The fraction of sp³-hybridized carbons (Fsp3) is 0.833. The summed E-state index contributed by atoms with van der Waals surface area (Å²) in [6.45, 7) is 8.56. The molecule has 0 saturated carbocycles. The lowest BCUT2D eigenvalue weighted by atomic mass is 9.87. The maximum Gasteiger partial charge on any atom is 0.0216 e. The molecule has 0 bridgehead atoms. The molecule has 1 fully saturated rings. The predicted octanol–water partition coefficient (Wildman–Crippen LogP) is 1.32. The summed E-state index contributed by atoms with van der Waals surface area (Å²) in [5, 5.41) is 0. The van der Waals surface area contributed by atoms with E-state index in [4.69, 9.17) is 5.73 Å². The molecular formula is C12H22N2. The van der Waals surface area contributed by atoms with Crippen molar-refractivity contribution in [3.05, 3.63) is 0 Å². The van der Waals surface area contributed by atoms with E-state index in [1.807, 2.05) is 6.92 Å². The summed E-state index contributed by atoms with van der Waals surface area (Å²) in [7, 11) is 0. The average Bonchev–Trinajstić information content (AvgIpc) is 2.21. The Morgan fingerprint density at radius 2 is 2.29 bits per heavy atom. The topological polar surface area (TPSA) is 29.3 Å². The van der Waals surface area contributed by atoms with Crippen LogP contribution in [0, 0.1) is 23.7 Å². The van der Waals surface area contributed by atoms with Gasteiger partial charge in [0.15, 0.2) is 0 Å². The van der Waals surface area contributed by atoms with Gasteiger partial charge in [-0.05, 0) is 38.3 Å². The van der Waals surface area contributed by atoms with E-state index >= 15 is 0 Å². The largest absolute Gasteiger partial charge is 0.330 e. The molecule has 0 aromatic rings. The first-order valence-electron chi connectivity index (χ1n) is 5.60. The Bertz CT molecular complexity index is 214. The van der Waals surface area contributed by atoms with Gasteiger partial charge in [0.25, 0.3) is 0 Å². The predicted molar refractivity (Wildman–Crippen MR) is 60.8 cm³/mol. The van der Waals surface area contributed by atoms with Gasteiger partial charge in [-0.3, -0.25) is 0 Å². The molecule has 1 aliphatic heterocycles. The van der Waals surface area contributed by atoms with Crippen molar-refractivity contribution in [3.8, 4) is 11.8 Å². The lowest BCUT2D eigenvalue weighted by Gasteiger charge is -2.36. The molecule has 2 heteroatoms. The average molecular weight is 194 g/mol. The second kappa shape index (κ2) is 6.06. The van der Waals surface area contributed by atoms with E-state index in [9.17, 15) is 0 Å². The van der Waals surface area contributed by atoms with Crippen LogP contribution in [0.2, 0.25) is 0 Å². The quantitative estimate of drug-likeness (QED) is 0.687. The molecule has 2 atom stereocenters. The number of hydrogen-bond donors (Lipinski definition) is 1. The van der Waals surface area contributed by atoms with Crippen molar-refractivity contribution < 1.29 is 0 Å².